The molecule has 0 aromatic rings. The Morgan fingerprint density at radius 1 is 1.40 bits per heavy atom. The van der Waals surface area contributed by atoms with Crippen molar-refractivity contribution in [2.45, 2.75) is 46.2 Å². The molecule has 0 radical (unpaired) electrons. The van der Waals surface area contributed by atoms with Gasteiger partial charge >= 0.3 is 0 Å². The molecule has 1 fully saturated rings. The van der Waals surface area contributed by atoms with Crippen LogP contribution in [0, 0.1) is 5.92 Å². The quantitative estimate of drug-likeness (QED) is 0.762. The predicted octanol–water partition coefficient (Wildman–Crippen LogP) is 1.28. The van der Waals surface area contributed by atoms with Crippen LogP contribution in [0.5, 0.6) is 0 Å². The summed E-state index contributed by atoms with van der Waals surface area (Å²) in [4.78, 5) is 14.1. The van der Waals surface area contributed by atoms with Crippen LogP contribution in [0.1, 0.15) is 34.1 Å². The van der Waals surface area contributed by atoms with Crippen LogP contribution in [0.3, 0.4) is 0 Å². The molecule has 0 amide bonds. The number of ketones is 1. The van der Waals surface area contributed by atoms with Crippen LogP contribution in [-0.2, 0) is 4.79 Å². The van der Waals surface area contributed by atoms with Crippen molar-refractivity contribution in [3.8, 4) is 0 Å². The first kappa shape index (κ1) is 12.7. The zero-order valence-electron chi connectivity index (χ0n) is 10.4. The topological polar surface area (TPSA) is 32.3 Å². The van der Waals surface area contributed by atoms with Gasteiger partial charge < -0.3 is 5.32 Å². The molecule has 3 nitrogen and oxygen atoms in total. The molecule has 1 rings (SSSR count). The summed E-state index contributed by atoms with van der Waals surface area (Å²) >= 11 is 0. The van der Waals surface area contributed by atoms with Crippen LogP contribution in [0.25, 0.3) is 0 Å². The first-order valence-corrected chi connectivity index (χ1v) is 6.04. The number of nitrogens with one attached hydrogen (secondary N) is 1. The third-order valence-corrected chi connectivity index (χ3v) is 3.17. The van der Waals surface area contributed by atoms with E-state index in [2.05, 4.69) is 31.0 Å². The molecule has 1 aliphatic rings. The van der Waals surface area contributed by atoms with Crippen molar-refractivity contribution in [3.05, 3.63) is 0 Å². The molecule has 0 saturated carbocycles. The minimum Gasteiger partial charge on any atom is -0.309 e. The number of piperazine rings is 1. The SMILES string of the molecule is CCC(C)C(=O)CN1CC(C)NC(C)C1. The lowest BCUT2D eigenvalue weighted by molar-refractivity contribution is -0.124. The van der Waals surface area contributed by atoms with Gasteiger partial charge in [-0.15, -0.1) is 0 Å². The fourth-order valence-corrected chi connectivity index (χ4v) is 2.17. The summed E-state index contributed by atoms with van der Waals surface area (Å²) in [5, 5.41) is 3.47. The Labute approximate surface area is 93.2 Å². The molecule has 3 atom stereocenters. The fraction of sp³-hybridized carbons (Fsp3) is 0.917. The van der Waals surface area contributed by atoms with E-state index in [0.717, 1.165) is 19.5 Å². The predicted molar refractivity (Wildman–Crippen MR) is 63.0 cm³/mol. The van der Waals surface area contributed by atoms with E-state index >= 15 is 0 Å². The second-order valence-corrected chi connectivity index (χ2v) is 4.94. The van der Waals surface area contributed by atoms with E-state index in [-0.39, 0.29) is 5.92 Å². The first-order valence-electron chi connectivity index (χ1n) is 6.04. The van der Waals surface area contributed by atoms with Crippen molar-refractivity contribution < 1.29 is 4.79 Å². The minimum atomic E-state index is 0.213. The fourth-order valence-electron chi connectivity index (χ4n) is 2.17. The zero-order chi connectivity index (χ0) is 11.4. The lowest BCUT2D eigenvalue weighted by Gasteiger charge is -2.36. The summed E-state index contributed by atoms with van der Waals surface area (Å²) in [6.45, 7) is 11.1. The van der Waals surface area contributed by atoms with Crippen LogP contribution in [0.4, 0.5) is 0 Å². The largest absolute Gasteiger partial charge is 0.309 e. The summed E-state index contributed by atoms with van der Waals surface area (Å²) < 4.78 is 0. The molecular weight excluding hydrogens is 188 g/mol. The van der Waals surface area contributed by atoms with Gasteiger partial charge in [-0.1, -0.05) is 13.8 Å². The van der Waals surface area contributed by atoms with Gasteiger partial charge in [0.15, 0.2) is 0 Å². The maximum Gasteiger partial charge on any atom is 0.149 e. The minimum absolute atomic E-state index is 0.213. The van der Waals surface area contributed by atoms with Crippen LogP contribution < -0.4 is 5.32 Å². The monoisotopic (exact) mass is 212 g/mol. The molecule has 1 saturated heterocycles. The first-order chi connectivity index (χ1) is 7.02. The van der Waals surface area contributed by atoms with Gasteiger partial charge in [0.1, 0.15) is 5.78 Å². The van der Waals surface area contributed by atoms with Crippen LogP contribution >= 0.6 is 0 Å². The second kappa shape index (κ2) is 5.61. The molecule has 0 spiro atoms. The van der Waals surface area contributed by atoms with E-state index in [0.29, 0.717) is 24.4 Å². The van der Waals surface area contributed by atoms with Crippen molar-refractivity contribution in [1.82, 2.24) is 10.2 Å². The summed E-state index contributed by atoms with van der Waals surface area (Å²) in [7, 11) is 0. The molecule has 1 aliphatic heterocycles. The highest BCUT2D eigenvalue weighted by molar-refractivity contribution is 5.82. The molecule has 1 heterocycles. The van der Waals surface area contributed by atoms with Crippen molar-refractivity contribution in [1.29, 1.82) is 0 Å². The smallest absolute Gasteiger partial charge is 0.149 e. The highest BCUT2D eigenvalue weighted by Gasteiger charge is 2.23. The van der Waals surface area contributed by atoms with E-state index in [1.807, 2.05) is 6.92 Å². The number of nitrogens with zero attached hydrogens (tertiary/aromatic N) is 1. The molecular formula is C12H24N2O. The van der Waals surface area contributed by atoms with Crippen molar-refractivity contribution in [2.24, 2.45) is 5.92 Å². The number of rotatable bonds is 4. The summed E-state index contributed by atoms with van der Waals surface area (Å²) in [6, 6.07) is 0.997. The van der Waals surface area contributed by atoms with Gasteiger partial charge in [-0.05, 0) is 20.3 Å². The number of carbonyl (C=O) groups excluding carboxylic acids is 1. The third-order valence-electron chi connectivity index (χ3n) is 3.17. The van der Waals surface area contributed by atoms with E-state index < -0.39 is 0 Å². The molecule has 15 heavy (non-hydrogen) atoms. The highest BCUT2D eigenvalue weighted by Crippen LogP contribution is 2.08. The Bertz CT molecular complexity index is 208. The Kier molecular flexibility index (Phi) is 4.74. The molecule has 3 unspecified atom stereocenters. The second-order valence-electron chi connectivity index (χ2n) is 4.94. The maximum absolute atomic E-state index is 11.8. The number of Topliss-reactive ketones (excluding diaryl/α,β-unsaturated/α-hetero) is 1. The third kappa shape index (κ3) is 3.92. The van der Waals surface area contributed by atoms with Gasteiger partial charge in [-0.3, -0.25) is 9.69 Å². The average molecular weight is 212 g/mol. The molecule has 0 aromatic heterocycles. The van der Waals surface area contributed by atoms with Gasteiger partial charge in [0.05, 0.1) is 6.54 Å². The van der Waals surface area contributed by atoms with Crippen LogP contribution in [-0.4, -0.2) is 42.4 Å². The summed E-state index contributed by atoms with van der Waals surface area (Å²) in [6.07, 6.45) is 0.954. The Balaban J connectivity index is 2.40. The van der Waals surface area contributed by atoms with Crippen LogP contribution in [0.2, 0.25) is 0 Å². The lowest BCUT2D eigenvalue weighted by atomic mass is 10.0. The summed E-state index contributed by atoms with van der Waals surface area (Å²) in [5.74, 6) is 0.601. The Hall–Kier alpha value is -0.410. The molecule has 88 valence electrons. The van der Waals surface area contributed by atoms with Crippen molar-refractivity contribution in [3.63, 3.8) is 0 Å². The number of hydrogen-bond acceptors (Lipinski definition) is 3. The van der Waals surface area contributed by atoms with E-state index in [1.165, 1.54) is 0 Å². The number of carbonyl (C=O) groups is 1. The zero-order valence-corrected chi connectivity index (χ0v) is 10.4. The molecule has 3 heteroatoms. The Morgan fingerprint density at radius 2 is 1.93 bits per heavy atom. The van der Waals surface area contributed by atoms with Gasteiger partial charge in [0.2, 0.25) is 0 Å². The molecule has 0 aromatic carbocycles. The normalized spacial score (nSPS) is 30.1. The lowest BCUT2D eigenvalue weighted by Crippen LogP contribution is -2.55. The average Bonchev–Trinajstić information content (AvgIpc) is 2.14. The van der Waals surface area contributed by atoms with Gasteiger partial charge in [-0.2, -0.15) is 0 Å². The van der Waals surface area contributed by atoms with Crippen molar-refractivity contribution in [2.75, 3.05) is 19.6 Å². The van der Waals surface area contributed by atoms with Gasteiger partial charge in [0, 0.05) is 31.1 Å². The summed E-state index contributed by atoms with van der Waals surface area (Å²) in [5.41, 5.74) is 0. The Morgan fingerprint density at radius 3 is 2.40 bits per heavy atom. The van der Waals surface area contributed by atoms with Crippen LogP contribution in [0.15, 0.2) is 0 Å². The molecule has 1 N–H and O–H groups in total. The standard InChI is InChI=1S/C12H24N2O/c1-5-9(2)12(15)8-14-6-10(3)13-11(4)7-14/h9-11,13H,5-8H2,1-4H3. The molecule has 0 bridgehead atoms. The van der Waals surface area contributed by atoms with E-state index in [9.17, 15) is 4.79 Å². The number of hydrogen-bond donors (Lipinski definition) is 1. The van der Waals surface area contributed by atoms with Crippen molar-refractivity contribution >= 4 is 5.78 Å². The van der Waals surface area contributed by atoms with E-state index in [1.54, 1.807) is 0 Å². The molecule has 0 aliphatic carbocycles. The van der Waals surface area contributed by atoms with E-state index in [4.69, 9.17) is 0 Å². The highest BCUT2D eigenvalue weighted by atomic mass is 16.1. The van der Waals surface area contributed by atoms with Gasteiger partial charge in [0.25, 0.3) is 0 Å². The maximum atomic E-state index is 11.8. The van der Waals surface area contributed by atoms with Gasteiger partial charge in [-0.25, -0.2) is 0 Å².